The van der Waals surface area contributed by atoms with E-state index in [1.54, 1.807) is 18.7 Å². The Hall–Kier alpha value is -0.0400. The van der Waals surface area contributed by atoms with Gasteiger partial charge in [-0.3, -0.25) is 20.2 Å². The first kappa shape index (κ1) is 19.0. The largest absolute Gasteiger partial charge is 0.328 e. The van der Waals surface area contributed by atoms with E-state index in [4.69, 9.17) is 0 Å². The summed E-state index contributed by atoms with van der Waals surface area (Å²) in [7, 11) is 0. The number of hydrogen-bond donors (Lipinski definition) is 2. The van der Waals surface area contributed by atoms with Gasteiger partial charge in [-0.05, 0) is 18.6 Å². The van der Waals surface area contributed by atoms with Gasteiger partial charge in [0.2, 0.25) is 11.8 Å². The molecule has 1 fully saturated rings. The first-order valence-electron chi connectivity index (χ1n) is 6.27. The molecule has 1 aliphatic heterocycles. The minimum absolute atomic E-state index is 0. The SMILES string of the molecule is CCCCSC(C)C1(CC)C(=O)NC(=O)NC1=O.[Na]. The first-order valence-corrected chi connectivity index (χ1v) is 7.32. The van der Waals surface area contributed by atoms with Crippen LogP contribution in [0.25, 0.3) is 0 Å². The van der Waals surface area contributed by atoms with Crippen molar-refractivity contribution in [1.29, 1.82) is 0 Å². The van der Waals surface area contributed by atoms with Gasteiger partial charge in [-0.15, -0.1) is 0 Å². The molecule has 1 atom stereocenters. The molecule has 0 saturated carbocycles. The average molecular weight is 295 g/mol. The topological polar surface area (TPSA) is 75.3 Å². The Balaban J connectivity index is 0.00000324. The maximum absolute atomic E-state index is 12.0. The van der Waals surface area contributed by atoms with Crippen molar-refractivity contribution in [3.8, 4) is 0 Å². The third-order valence-corrected chi connectivity index (χ3v) is 4.81. The molecule has 1 saturated heterocycles. The normalized spacial score (nSPS) is 19.2. The molecule has 0 aromatic rings. The van der Waals surface area contributed by atoms with Crippen LogP contribution in [0.15, 0.2) is 0 Å². The van der Waals surface area contributed by atoms with E-state index >= 15 is 0 Å². The van der Waals surface area contributed by atoms with Crippen molar-refractivity contribution in [2.24, 2.45) is 5.41 Å². The number of thioether (sulfide) groups is 1. The van der Waals surface area contributed by atoms with Crippen LogP contribution in [-0.2, 0) is 9.59 Å². The van der Waals surface area contributed by atoms with Gasteiger partial charge in [0.15, 0.2) is 0 Å². The number of carbonyl (C=O) groups is 3. The Morgan fingerprint density at radius 3 is 2.11 bits per heavy atom. The second-order valence-electron chi connectivity index (χ2n) is 4.43. The summed E-state index contributed by atoms with van der Waals surface area (Å²) in [5.41, 5.74) is -1.13. The zero-order valence-electron chi connectivity index (χ0n) is 12.0. The zero-order valence-corrected chi connectivity index (χ0v) is 14.9. The second-order valence-corrected chi connectivity index (χ2v) is 5.88. The van der Waals surface area contributed by atoms with E-state index in [1.165, 1.54) is 0 Å². The van der Waals surface area contributed by atoms with Gasteiger partial charge >= 0.3 is 6.03 Å². The molecule has 0 aromatic heterocycles. The number of rotatable bonds is 6. The molecular weight excluding hydrogens is 275 g/mol. The number of unbranched alkanes of at least 4 members (excludes halogenated alkanes) is 1. The van der Waals surface area contributed by atoms with Crippen LogP contribution in [0.4, 0.5) is 4.79 Å². The molecule has 1 radical (unpaired) electrons. The van der Waals surface area contributed by atoms with Crippen molar-refractivity contribution >= 4 is 59.2 Å². The number of hydrogen-bond acceptors (Lipinski definition) is 4. The van der Waals surface area contributed by atoms with Gasteiger partial charge in [0, 0.05) is 34.8 Å². The van der Waals surface area contributed by atoms with Gasteiger partial charge in [0.1, 0.15) is 5.41 Å². The molecular formula is C12H20N2NaO3S. The minimum Gasteiger partial charge on any atom is -0.277 e. The first-order chi connectivity index (χ1) is 8.48. The van der Waals surface area contributed by atoms with E-state index in [1.807, 2.05) is 6.92 Å². The van der Waals surface area contributed by atoms with E-state index < -0.39 is 23.3 Å². The smallest absolute Gasteiger partial charge is 0.277 e. The van der Waals surface area contributed by atoms with Gasteiger partial charge < -0.3 is 0 Å². The summed E-state index contributed by atoms with van der Waals surface area (Å²) in [6.07, 6.45) is 2.52. The molecule has 2 N–H and O–H groups in total. The Morgan fingerprint density at radius 1 is 1.16 bits per heavy atom. The summed E-state index contributed by atoms with van der Waals surface area (Å²) in [5.74, 6) is -0.0426. The van der Waals surface area contributed by atoms with Gasteiger partial charge in [0.05, 0.1) is 0 Å². The number of nitrogens with one attached hydrogen (secondary N) is 2. The Labute approximate surface area is 140 Å². The fourth-order valence-corrected chi connectivity index (χ4v) is 3.56. The number of carbonyl (C=O) groups excluding carboxylic acids is 3. The molecule has 7 heteroatoms. The Morgan fingerprint density at radius 2 is 1.68 bits per heavy atom. The molecule has 0 spiro atoms. The van der Waals surface area contributed by atoms with Gasteiger partial charge in [0.25, 0.3) is 0 Å². The zero-order chi connectivity index (χ0) is 13.8. The predicted molar refractivity (Wildman–Crippen MR) is 77.0 cm³/mol. The predicted octanol–water partition coefficient (Wildman–Crippen LogP) is 1.29. The van der Waals surface area contributed by atoms with Crippen molar-refractivity contribution in [3.05, 3.63) is 0 Å². The maximum atomic E-state index is 12.0. The molecule has 1 rings (SSSR count). The van der Waals surface area contributed by atoms with Crippen molar-refractivity contribution < 1.29 is 14.4 Å². The van der Waals surface area contributed by atoms with Crippen molar-refractivity contribution in [1.82, 2.24) is 10.6 Å². The fourth-order valence-electron chi connectivity index (χ4n) is 2.09. The van der Waals surface area contributed by atoms with E-state index in [0.717, 1.165) is 18.6 Å². The standard InChI is InChI=1S/C12H20N2O3S.Na/c1-4-6-7-18-8(3)12(5-2)9(15)13-11(17)14-10(12)16;/h8H,4-7H2,1-3H3,(H2,13,14,15,16,17);. The molecule has 103 valence electrons. The second kappa shape index (κ2) is 8.29. The van der Waals surface area contributed by atoms with Crippen LogP contribution in [0, 0.1) is 5.41 Å². The van der Waals surface area contributed by atoms with Crippen LogP contribution in [0.5, 0.6) is 0 Å². The maximum Gasteiger partial charge on any atom is 0.328 e. The summed E-state index contributed by atoms with van der Waals surface area (Å²) in [5, 5.41) is 4.25. The number of urea groups is 1. The molecule has 5 nitrogen and oxygen atoms in total. The summed E-state index contributed by atoms with van der Waals surface area (Å²) >= 11 is 1.61. The molecule has 0 bridgehead atoms. The van der Waals surface area contributed by atoms with Gasteiger partial charge in [-0.1, -0.05) is 27.2 Å². The number of imide groups is 2. The van der Waals surface area contributed by atoms with Crippen LogP contribution in [-0.4, -0.2) is 58.4 Å². The summed E-state index contributed by atoms with van der Waals surface area (Å²) in [4.78, 5) is 35.2. The summed E-state index contributed by atoms with van der Waals surface area (Å²) in [6, 6.07) is -0.722. The summed E-state index contributed by atoms with van der Waals surface area (Å²) < 4.78 is 0. The molecule has 0 aliphatic carbocycles. The van der Waals surface area contributed by atoms with E-state index in [-0.39, 0.29) is 34.8 Å². The Bertz CT molecular complexity index is 343. The van der Waals surface area contributed by atoms with Crippen LogP contribution in [0.3, 0.4) is 0 Å². The minimum atomic E-state index is -1.13. The number of amides is 4. The fraction of sp³-hybridized carbons (Fsp3) is 0.750. The molecule has 1 aliphatic rings. The third kappa shape index (κ3) is 3.97. The van der Waals surface area contributed by atoms with Gasteiger partial charge in [-0.2, -0.15) is 11.8 Å². The quantitative estimate of drug-likeness (QED) is 0.440. The van der Waals surface area contributed by atoms with E-state index in [2.05, 4.69) is 17.6 Å². The van der Waals surface area contributed by atoms with Crippen LogP contribution < -0.4 is 10.6 Å². The molecule has 1 heterocycles. The third-order valence-electron chi connectivity index (χ3n) is 3.38. The van der Waals surface area contributed by atoms with Crippen LogP contribution in [0.1, 0.15) is 40.0 Å². The summed E-state index contributed by atoms with van der Waals surface area (Å²) in [6.45, 7) is 5.77. The van der Waals surface area contributed by atoms with Crippen LogP contribution in [0.2, 0.25) is 0 Å². The van der Waals surface area contributed by atoms with Crippen molar-refractivity contribution in [2.45, 2.75) is 45.3 Å². The van der Waals surface area contributed by atoms with Gasteiger partial charge in [-0.25, -0.2) is 4.79 Å². The Kier molecular flexibility index (Phi) is 8.27. The monoisotopic (exact) mass is 295 g/mol. The average Bonchev–Trinajstić information content (AvgIpc) is 2.29. The molecule has 1 unspecified atom stereocenters. The number of barbiturate groups is 1. The van der Waals surface area contributed by atoms with E-state index in [9.17, 15) is 14.4 Å². The molecule has 4 amide bonds. The van der Waals surface area contributed by atoms with Crippen LogP contribution >= 0.6 is 11.8 Å². The van der Waals surface area contributed by atoms with Crippen molar-refractivity contribution in [3.63, 3.8) is 0 Å². The van der Waals surface area contributed by atoms with Crippen molar-refractivity contribution in [2.75, 3.05) is 5.75 Å². The molecule has 19 heavy (non-hydrogen) atoms. The van der Waals surface area contributed by atoms with E-state index in [0.29, 0.717) is 6.42 Å². The molecule has 0 aromatic carbocycles.